The predicted octanol–water partition coefficient (Wildman–Crippen LogP) is 4.33. The first-order chi connectivity index (χ1) is 6.66. The van der Waals surface area contributed by atoms with Gasteiger partial charge in [-0.25, -0.2) is 0 Å². The van der Waals surface area contributed by atoms with Crippen LogP contribution in [0.5, 0.6) is 0 Å². The predicted molar refractivity (Wildman–Crippen MR) is 68.9 cm³/mol. The molecule has 4 heteroatoms. The van der Waals surface area contributed by atoms with Gasteiger partial charge in [0.05, 0.1) is 9.54 Å². The molecule has 14 heavy (non-hydrogen) atoms. The molecule has 0 spiro atoms. The minimum Gasteiger partial charge on any atom is -0.140 e. The zero-order valence-electron chi connectivity index (χ0n) is 7.29. The Kier molecular flexibility index (Phi) is 3.69. The largest absolute Gasteiger partial charge is 0.140 e. The highest BCUT2D eigenvalue weighted by atomic mass is 79.9. The van der Waals surface area contributed by atoms with Crippen molar-refractivity contribution in [2.75, 3.05) is 0 Å². The summed E-state index contributed by atoms with van der Waals surface area (Å²) < 4.78 is 0.411. The Balaban J connectivity index is 1.98. The number of alkyl halides is 2. The van der Waals surface area contributed by atoms with E-state index < -0.39 is 0 Å². The van der Waals surface area contributed by atoms with Crippen LogP contribution >= 0.6 is 50.9 Å². The highest BCUT2D eigenvalue weighted by molar-refractivity contribution is 9.11. The minimum atomic E-state index is 0.235. The Morgan fingerprint density at radius 3 is 2.79 bits per heavy atom. The van der Waals surface area contributed by atoms with Crippen molar-refractivity contribution in [3.63, 3.8) is 0 Å². The van der Waals surface area contributed by atoms with E-state index in [-0.39, 0.29) is 5.38 Å². The molecule has 3 atom stereocenters. The van der Waals surface area contributed by atoms with Crippen LogP contribution in [0.4, 0.5) is 0 Å². The van der Waals surface area contributed by atoms with E-state index in [1.165, 1.54) is 5.56 Å². The molecule has 0 radical (unpaired) electrons. The number of hydrogen-bond acceptors (Lipinski definition) is 1. The molecule has 1 heterocycles. The van der Waals surface area contributed by atoms with Crippen molar-refractivity contribution in [1.82, 2.24) is 0 Å². The minimum absolute atomic E-state index is 0.235. The molecule has 76 valence electrons. The van der Waals surface area contributed by atoms with Gasteiger partial charge in [0, 0.05) is 10.3 Å². The fraction of sp³-hybridized carbons (Fsp3) is 0.400. The van der Waals surface area contributed by atoms with Crippen molar-refractivity contribution in [3.05, 3.63) is 34.9 Å². The van der Waals surface area contributed by atoms with Gasteiger partial charge < -0.3 is 0 Å². The van der Waals surface area contributed by atoms with Gasteiger partial charge >= 0.3 is 0 Å². The molecule has 0 amide bonds. The van der Waals surface area contributed by atoms with Crippen molar-refractivity contribution >= 4 is 50.9 Å². The van der Waals surface area contributed by atoms with Crippen molar-refractivity contribution in [3.8, 4) is 0 Å². The average Bonchev–Trinajstić information content (AvgIpc) is 2.17. The lowest BCUT2D eigenvalue weighted by Gasteiger charge is -2.36. The molecule has 2 rings (SSSR count). The molecule has 0 N–H and O–H groups in total. The Morgan fingerprint density at radius 1 is 1.43 bits per heavy atom. The topological polar surface area (TPSA) is 0 Å². The van der Waals surface area contributed by atoms with E-state index in [9.17, 15) is 0 Å². The summed E-state index contributed by atoms with van der Waals surface area (Å²) in [6, 6.07) is 7.98. The lowest BCUT2D eigenvalue weighted by Crippen LogP contribution is -2.38. The summed E-state index contributed by atoms with van der Waals surface area (Å²) >= 11 is 17.4. The van der Waals surface area contributed by atoms with E-state index in [4.69, 9.17) is 23.2 Å². The molecule has 1 aromatic rings. The molecule has 0 aromatic heterocycles. The summed E-state index contributed by atoms with van der Waals surface area (Å²) in [4.78, 5) is 0. The van der Waals surface area contributed by atoms with Gasteiger partial charge in [-0.15, -0.1) is 23.4 Å². The lowest BCUT2D eigenvalue weighted by atomic mass is 10.1. The molecule has 0 bridgehead atoms. The van der Waals surface area contributed by atoms with Gasteiger partial charge in [0.1, 0.15) is 0 Å². The molecular weight excluding hydrogens is 303 g/mol. The molecule has 1 aliphatic heterocycles. The summed E-state index contributed by atoms with van der Waals surface area (Å²) in [6.45, 7) is 0. The smallest absolute Gasteiger partial charge is 0.0777 e. The summed E-state index contributed by atoms with van der Waals surface area (Å²) in [6.07, 6.45) is 1.00. The second-order valence-corrected chi connectivity index (χ2v) is 7.22. The zero-order valence-corrected chi connectivity index (χ0v) is 11.2. The van der Waals surface area contributed by atoms with Crippen LogP contribution in [0.3, 0.4) is 0 Å². The van der Waals surface area contributed by atoms with Crippen LogP contribution in [-0.4, -0.2) is 14.8 Å². The fourth-order valence-electron chi connectivity index (χ4n) is 1.45. The van der Waals surface area contributed by atoms with E-state index in [1.807, 2.05) is 30.0 Å². The summed E-state index contributed by atoms with van der Waals surface area (Å²) in [7, 11) is 0. The maximum absolute atomic E-state index is 6.15. The van der Waals surface area contributed by atoms with Crippen molar-refractivity contribution in [2.24, 2.45) is 0 Å². The second kappa shape index (κ2) is 4.65. The molecule has 1 aliphatic rings. The van der Waals surface area contributed by atoms with Gasteiger partial charge in [-0.3, -0.25) is 0 Å². The maximum Gasteiger partial charge on any atom is 0.0777 e. The van der Waals surface area contributed by atoms with E-state index in [2.05, 4.69) is 22.0 Å². The Labute approximate surface area is 106 Å². The van der Waals surface area contributed by atoms with Crippen molar-refractivity contribution in [2.45, 2.75) is 21.2 Å². The Hall–Kier alpha value is 0.630. The molecule has 3 unspecified atom stereocenters. The Morgan fingerprint density at radius 2 is 2.21 bits per heavy atom. The van der Waals surface area contributed by atoms with Gasteiger partial charge in [0.25, 0.3) is 0 Å². The van der Waals surface area contributed by atoms with Gasteiger partial charge in [0.2, 0.25) is 0 Å². The van der Waals surface area contributed by atoms with E-state index in [0.717, 1.165) is 11.4 Å². The number of thioether (sulfide) groups is 1. The zero-order chi connectivity index (χ0) is 10.1. The molecular formula is C10H9BrCl2S. The number of rotatable bonds is 2. The quantitative estimate of drug-likeness (QED) is 0.733. The Bertz CT molecular complexity index is 332. The van der Waals surface area contributed by atoms with Gasteiger partial charge in [-0.1, -0.05) is 39.7 Å². The van der Waals surface area contributed by atoms with Crippen LogP contribution in [0.25, 0.3) is 0 Å². The monoisotopic (exact) mass is 310 g/mol. The fourth-order valence-corrected chi connectivity index (χ4v) is 4.51. The third kappa shape index (κ3) is 2.41. The summed E-state index contributed by atoms with van der Waals surface area (Å²) in [5, 5.41) is 1.55. The van der Waals surface area contributed by atoms with E-state index in [0.29, 0.717) is 9.41 Å². The van der Waals surface area contributed by atoms with Crippen LogP contribution in [-0.2, 0) is 6.42 Å². The van der Waals surface area contributed by atoms with Crippen LogP contribution in [0.2, 0.25) is 5.02 Å². The lowest BCUT2D eigenvalue weighted by molar-refractivity contribution is 0.770. The van der Waals surface area contributed by atoms with E-state index >= 15 is 0 Å². The third-order valence-corrected chi connectivity index (χ3v) is 6.21. The van der Waals surface area contributed by atoms with Gasteiger partial charge in [-0.2, -0.15) is 0 Å². The first-order valence-corrected chi connectivity index (χ1v) is 7.02. The SMILES string of the molecule is Clc1cccc(CC2SC(Br)C2Cl)c1. The van der Waals surface area contributed by atoms with Gasteiger partial charge in [-0.05, 0) is 24.1 Å². The molecule has 1 saturated heterocycles. The van der Waals surface area contributed by atoms with Crippen LogP contribution < -0.4 is 0 Å². The van der Waals surface area contributed by atoms with Crippen LogP contribution in [0, 0.1) is 0 Å². The van der Waals surface area contributed by atoms with Gasteiger partial charge in [0.15, 0.2) is 0 Å². The first kappa shape index (κ1) is 11.1. The summed E-state index contributed by atoms with van der Waals surface area (Å²) in [5.74, 6) is 0. The summed E-state index contributed by atoms with van der Waals surface area (Å²) in [5.41, 5.74) is 1.26. The second-order valence-electron chi connectivity index (χ2n) is 3.30. The standard InChI is InChI=1S/C10H9BrCl2S/c11-10-9(13)8(14-10)5-6-2-1-3-7(12)4-6/h1-4,8-10H,5H2. The molecule has 0 aliphatic carbocycles. The average molecular weight is 312 g/mol. The maximum atomic E-state index is 6.15. The van der Waals surface area contributed by atoms with Crippen molar-refractivity contribution in [1.29, 1.82) is 0 Å². The van der Waals surface area contributed by atoms with Crippen molar-refractivity contribution < 1.29 is 0 Å². The normalized spacial score (nSPS) is 31.2. The third-order valence-electron chi connectivity index (χ3n) is 2.24. The number of benzene rings is 1. The highest BCUT2D eigenvalue weighted by Crippen LogP contribution is 2.45. The molecule has 1 aromatic carbocycles. The molecule has 1 fully saturated rings. The van der Waals surface area contributed by atoms with Crippen LogP contribution in [0.15, 0.2) is 24.3 Å². The number of hydrogen-bond donors (Lipinski definition) is 0. The highest BCUT2D eigenvalue weighted by Gasteiger charge is 2.38. The number of halogens is 3. The van der Waals surface area contributed by atoms with Crippen LogP contribution in [0.1, 0.15) is 5.56 Å². The molecule has 0 nitrogen and oxygen atoms in total. The molecule has 0 saturated carbocycles. The first-order valence-electron chi connectivity index (χ1n) is 4.35. The van der Waals surface area contributed by atoms with E-state index in [1.54, 1.807) is 0 Å².